The zero-order valence-electron chi connectivity index (χ0n) is 11.3. The predicted octanol–water partition coefficient (Wildman–Crippen LogP) is 2.87. The average Bonchev–Trinajstić information content (AvgIpc) is 2.88. The van der Waals surface area contributed by atoms with E-state index in [9.17, 15) is 4.79 Å². The van der Waals surface area contributed by atoms with Gasteiger partial charge in [-0.05, 0) is 25.5 Å². The van der Waals surface area contributed by atoms with Gasteiger partial charge in [0.05, 0.1) is 11.1 Å². The summed E-state index contributed by atoms with van der Waals surface area (Å²) >= 11 is 1.38. The maximum Gasteiger partial charge on any atom is 0.204 e. The monoisotopic (exact) mass is 311 g/mol. The Morgan fingerprint density at radius 2 is 2.15 bits per heavy atom. The van der Waals surface area contributed by atoms with Gasteiger partial charge in [-0.15, -0.1) is 12.4 Å². The van der Waals surface area contributed by atoms with Gasteiger partial charge in [0.15, 0.2) is 5.13 Å². The highest BCUT2D eigenvalue weighted by atomic mass is 35.5. The molecule has 1 heterocycles. The second-order valence-corrected chi connectivity index (χ2v) is 5.27. The van der Waals surface area contributed by atoms with E-state index in [2.05, 4.69) is 10.3 Å². The number of aromatic nitrogens is 1. The van der Waals surface area contributed by atoms with E-state index in [4.69, 9.17) is 5.73 Å². The number of carbonyl (C=O) groups excluding carboxylic acids is 1. The summed E-state index contributed by atoms with van der Waals surface area (Å²) in [6.45, 7) is 3.37. The van der Waals surface area contributed by atoms with Crippen molar-refractivity contribution in [2.24, 2.45) is 5.73 Å². The topological polar surface area (TPSA) is 68.0 Å². The van der Waals surface area contributed by atoms with Crippen LogP contribution in [0, 0.1) is 6.92 Å². The standard InChI is InChI=1S/C14H17N3OS.ClH/c1-10-5-2-3-6-11(10)13(18)12-9-17-14(19-12)16-8-4-7-15;/h2-3,5-6,9H,4,7-8,15H2,1H3,(H,16,17);1H. The number of nitrogens with two attached hydrogens (primary N) is 1. The Hall–Kier alpha value is -1.43. The molecule has 0 atom stereocenters. The van der Waals surface area contributed by atoms with E-state index in [1.165, 1.54) is 11.3 Å². The molecule has 1 aromatic heterocycles. The number of benzene rings is 1. The molecule has 0 aliphatic heterocycles. The van der Waals surface area contributed by atoms with Gasteiger partial charge >= 0.3 is 0 Å². The Bertz CT molecular complexity index is 571. The third-order valence-electron chi connectivity index (χ3n) is 2.78. The summed E-state index contributed by atoms with van der Waals surface area (Å²) in [5.74, 6) is 0.0301. The molecule has 108 valence electrons. The van der Waals surface area contributed by atoms with E-state index in [1.54, 1.807) is 6.20 Å². The van der Waals surface area contributed by atoms with Gasteiger partial charge in [-0.1, -0.05) is 35.6 Å². The van der Waals surface area contributed by atoms with Gasteiger partial charge in [0.1, 0.15) is 0 Å². The Morgan fingerprint density at radius 1 is 1.40 bits per heavy atom. The van der Waals surface area contributed by atoms with Gasteiger partial charge in [-0.2, -0.15) is 0 Å². The minimum atomic E-state index is 0. The highest BCUT2D eigenvalue weighted by Crippen LogP contribution is 2.22. The fourth-order valence-electron chi connectivity index (χ4n) is 1.72. The van der Waals surface area contributed by atoms with Gasteiger partial charge < -0.3 is 11.1 Å². The number of nitrogens with one attached hydrogen (secondary N) is 1. The molecule has 2 aromatic rings. The maximum atomic E-state index is 12.3. The van der Waals surface area contributed by atoms with Gasteiger partial charge in [0.2, 0.25) is 5.78 Å². The van der Waals surface area contributed by atoms with Crippen molar-refractivity contribution in [2.75, 3.05) is 18.4 Å². The summed E-state index contributed by atoms with van der Waals surface area (Å²) in [4.78, 5) is 17.2. The van der Waals surface area contributed by atoms with E-state index >= 15 is 0 Å². The number of hydrogen-bond donors (Lipinski definition) is 2. The second-order valence-electron chi connectivity index (χ2n) is 4.24. The Kier molecular flexibility index (Phi) is 6.64. The first-order valence-electron chi connectivity index (χ1n) is 6.22. The SMILES string of the molecule is Cc1ccccc1C(=O)c1cnc(NCCCN)s1.Cl. The molecule has 0 amide bonds. The van der Waals surface area contributed by atoms with Crippen molar-refractivity contribution in [1.29, 1.82) is 0 Å². The summed E-state index contributed by atoms with van der Waals surface area (Å²) in [5, 5.41) is 3.93. The van der Waals surface area contributed by atoms with Crippen molar-refractivity contribution in [3.63, 3.8) is 0 Å². The van der Waals surface area contributed by atoms with Gasteiger partial charge in [0, 0.05) is 12.1 Å². The minimum absolute atomic E-state index is 0. The van der Waals surface area contributed by atoms with E-state index in [-0.39, 0.29) is 18.2 Å². The molecule has 0 spiro atoms. The number of thiazole rings is 1. The molecular formula is C14H18ClN3OS. The zero-order valence-corrected chi connectivity index (χ0v) is 12.9. The van der Waals surface area contributed by atoms with Crippen molar-refractivity contribution in [3.05, 3.63) is 46.5 Å². The molecule has 0 saturated carbocycles. The quantitative estimate of drug-likeness (QED) is 0.636. The molecule has 0 unspecified atom stereocenters. The summed E-state index contributed by atoms with van der Waals surface area (Å²) in [6, 6.07) is 7.59. The number of anilines is 1. The van der Waals surface area contributed by atoms with E-state index in [0.717, 1.165) is 29.2 Å². The van der Waals surface area contributed by atoms with Crippen LogP contribution in [0.1, 0.15) is 27.2 Å². The Labute approximate surface area is 128 Å². The van der Waals surface area contributed by atoms with Crippen molar-refractivity contribution in [3.8, 4) is 0 Å². The summed E-state index contributed by atoms with van der Waals surface area (Å²) < 4.78 is 0. The van der Waals surface area contributed by atoms with Crippen molar-refractivity contribution in [2.45, 2.75) is 13.3 Å². The highest BCUT2D eigenvalue weighted by molar-refractivity contribution is 7.17. The van der Waals surface area contributed by atoms with E-state index in [1.807, 2.05) is 31.2 Å². The molecule has 0 aliphatic carbocycles. The number of aryl methyl sites for hydroxylation is 1. The Balaban J connectivity index is 0.00000200. The number of halogens is 1. The molecular weight excluding hydrogens is 294 g/mol. The minimum Gasteiger partial charge on any atom is -0.361 e. The van der Waals surface area contributed by atoms with Crippen LogP contribution in [0.25, 0.3) is 0 Å². The molecule has 0 fully saturated rings. The van der Waals surface area contributed by atoms with Gasteiger partial charge in [-0.3, -0.25) is 4.79 Å². The zero-order chi connectivity index (χ0) is 13.7. The van der Waals surface area contributed by atoms with Crippen LogP contribution in [0.5, 0.6) is 0 Å². The lowest BCUT2D eigenvalue weighted by Gasteiger charge is -2.01. The maximum absolute atomic E-state index is 12.3. The first-order valence-corrected chi connectivity index (χ1v) is 7.04. The first kappa shape index (κ1) is 16.6. The largest absolute Gasteiger partial charge is 0.361 e. The molecule has 20 heavy (non-hydrogen) atoms. The van der Waals surface area contributed by atoms with Crippen molar-refractivity contribution in [1.82, 2.24) is 4.98 Å². The molecule has 2 rings (SSSR count). The molecule has 0 bridgehead atoms. The van der Waals surface area contributed by atoms with Crippen molar-refractivity contribution < 1.29 is 4.79 Å². The third kappa shape index (κ3) is 4.03. The highest BCUT2D eigenvalue weighted by Gasteiger charge is 2.14. The smallest absolute Gasteiger partial charge is 0.204 e. The normalized spacial score (nSPS) is 9.90. The third-order valence-corrected chi connectivity index (χ3v) is 3.73. The molecule has 6 heteroatoms. The number of rotatable bonds is 6. The Morgan fingerprint density at radius 3 is 2.85 bits per heavy atom. The predicted molar refractivity (Wildman–Crippen MR) is 86.1 cm³/mol. The molecule has 3 N–H and O–H groups in total. The van der Waals surface area contributed by atoms with Crippen LogP contribution >= 0.6 is 23.7 Å². The molecule has 0 radical (unpaired) electrons. The van der Waals surface area contributed by atoms with Crippen LogP contribution in [0.3, 0.4) is 0 Å². The van der Waals surface area contributed by atoms with E-state index < -0.39 is 0 Å². The molecule has 1 aromatic carbocycles. The lowest BCUT2D eigenvalue weighted by molar-refractivity contribution is 0.104. The molecule has 0 aliphatic rings. The lowest BCUT2D eigenvalue weighted by Crippen LogP contribution is -2.07. The number of nitrogens with zero attached hydrogens (tertiary/aromatic N) is 1. The molecule has 4 nitrogen and oxygen atoms in total. The van der Waals surface area contributed by atoms with Crippen LogP contribution in [0.15, 0.2) is 30.5 Å². The summed E-state index contributed by atoms with van der Waals surface area (Å²) in [7, 11) is 0. The van der Waals surface area contributed by atoms with Gasteiger partial charge in [-0.25, -0.2) is 4.98 Å². The van der Waals surface area contributed by atoms with Crippen LogP contribution in [0.2, 0.25) is 0 Å². The molecule has 0 saturated heterocycles. The number of carbonyl (C=O) groups is 1. The lowest BCUT2D eigenvalue weighted by atomic mass is 10.0. The first-order chi connectivity index (χ1) is 9.22. The number of hydrogen-bond acceptors (Lipinski definition) is 5. The van der Waals surface area contributed by atoms with Crippen LogP contribution in [0.4, 0.5) is 5.13 Å². The average molecular weight is 312 g/mol. The second kappa shape index (κ2) is 7.99. The summed E-state index contributed by atoms with van der Waals surface area (Å²) in [6.07, 6.45) is 2.52. The van der Waals surface area contributed by atoms with E-state index in [0.29, 0.717) is 11.4 Å². The van der Waals surface area contributed by atoms with Crippen LogP contribution in [-0.4, -0.2) is 23.9 Å². The van der Waals surface area contributed by atoms with Crippen LogP contribution < -0.4 is 11.1 Å². The van der Waals surface area contributed by atoms with Crippen LogP contribution in [-0.2, 0) is 0 Å². The van der Waals surface area contributed by atoms with Gasteiger partial charge in [0.25, 0.3) is 0 Å². The fourth-order valence-corrected chi connectivity index (χ4v) is 2.51. The van der Waals surface area contributed by atoms with Crippen molar-refractivity contribution >= 4 is 34.7 Å². The fraction of sp³-hybridized carbons (Fsp3) is 0.286. The number of ketones is 1. The summed E-state index contributed by atoms with van der Waals surface area (Å²) in [5.41, 5.74) is 7.15.